The largest absolute Gasteiger partial charge is 0.308 e. The predicted molar refractivity (Wildman–Crippen MR) is 67.3 cm³/mol. The highest BCUT2D eigenvalue weighted by atomic mass is 14.9. The van der Waals surface area contributed by atoms with Gasteiger partial charge in [0.25, 0.3) is 0 Å². The molecule has 0 spiro atoms. The van der Waals surface area contributed by atoms with E-state index in [1.165, 1.54) is 30.5 Å². The van der Waals surface area contributed by atoms with Crippen LogP contribution in [0.25, 0.3) is 0 Å². The predicted octanol–water partition coefficient (Wildman–Crippen LogP) is 2.92. The van der Waals surface area contributed by atoms with Crippen LogP contribution < -0.4 is 5.32 Å². The summed E-state index contributed by atoms with van der Waals surface area (Å²) in [5.41, 5.74) is 2.60. The van der Waals surface area contributed by atoms with Crippen molar-refractivity contribution in [1.82, 2.24) is 10.3 Å². The van der Waals surface area contributed by atoms with Gasteiger partial charge in [-0.05, 0) is 36.8 Å². The third-order valence-electron chi connectivity index (χ3n) is 3.76. The lowest BCUT2D eigenvalue weighted by atomic mass is 10.1. The van der Waals surface area contributed by atoms with E-state index in [2.05, 4.69) is 30.2 Å². The van der Waals surface area contributed by atoms with Crippen molar-refractivity contribution in [3.8, 4) is 0 Å². The maximum absolute atomic E-state index is 4.47. The zero-order valence-corrected chi connectivity index (χ0v) is 10.4. The molecular formula is C14H22N2. The van der Waals surface area contributed by atoms with Crippen LogP contribution in [0.5, 0.6) is 0 Å². The molecule has 1 N–H and O–H groups in total. The van der Waals surface area contributed by atoms with E-state index in [9.17, 15) is 0 Å². The lowest BCUT2D eigenvalue weighted by molar-refractivity contribution is 0.423. The number of nitrogens with zero attached hydrogens (tertiary/aromatic N) is 1. The molecule has 1 aliphatic carbocycles. The monoisotopic (exact) mass is 218 g/mol. The molecule has 0 amide bonds. The van der Waals surface area contributed by atoms with Crippen molar-refractivity contribution in [1.29, 1.82) is 0 Å². The molecule has 0 aromatic carbocycles. The quantitative estimate of drug-likeness (QED) is 0.840. The SMILES string of the molecule is CCc1cccnc1CNC1CCCC1C. The smallest absolute Gasteiger partial charge is 0.0573 e. The lowest BCUT2D eigenvalue weighted by Gasteiger charge is -2.17. The maximum Gasteiger partial charge on any atom is 0.0573 e. The Kier molecular flexibility index (Phi) is 3.94. The first-order chi connectivity index (χ1) is 7.81. The summed E-state index contributed by atoms with van der Waals surface area (Å²) in [5.74, 6) is 0.828. The van der Waals surface area contributed by atoms with Gasteiger partial charge in [0.15, 0.2) is 0 Å². The highest BCUT2D eigenvalue weighted by molar-refractivity contribution is 5.19. The van der Waals surface area contributed by atoms with Crippen LogP contribution in [0, 0.1) is 5.92 Å². The van der Waals surface area contributed by atoms with Gasteiger partial charge in [0.2, 0.25) is 0 Å². The van der Waals surface area contributed by atoms with Gasteiger partial charge in [-0.15, -0.1) is 0 Å². The lowest BCUT2D eigenvalue weighted by Crippen LogP contribution is -2.31. The van der Waals surface area contributed by atoms with E-state index in [0.717, 1.165) is 18.9 Å². The fourth-order valence-electron chi connectivity index (χ4n) is 2.63. The molecule has 1 aromatic rings. The van der Waals surface area contributed by atoms with Crippen LogP contribution in [0.4, 0.5) is 0 Å². The van der Waals surface area contributed by atoms with Crippen molar-refractivity contribution in [3.63, 3.8) is 0 Å². The molecule has 2 nitrogen and oxygen atoms in total. The summed E-state index contributed by atoms with van der Waals surface area (Å²) < 4.78 is 0. The van der Waals surface area contributed by atoms with Gasteiger partial charge in [-0.1, -0.05) is 26.3 Å². The van der Waals surface area contributed by atoms with Gasteiger partial charge in [0, 0.05) is 18.8 Å². The number of rotatable bonds is 4. The van der Waals surface area contributed by atoms with E-state index in [1.54, 1.807) is 0 Å². The number of aromatic nitrogens is 1. The topological polar surface area (TPSA) is 24.9 Å². The molecule has 2 heteroatoms. The second-order valence-corrected chi connectivity index (χ2v) is 4.86. The summed E-state index contributed by atoms with van der Waals surface area (Å²) in [6.45, 7) is 5.47. The van der Waals surface area contributed by atoms with Crippen molar-refractivity contribution in [2.75, 3.05) is 0 Å². The molecular weight excluding hydrogens is 196 g/mol. The number of nitrogens with one attached hydrogen (secondary N) is 1. The van der Waals surface area contributed by atoms with Crippen molar-refractivity contribution in [2.45, 2.75) is 52.1 Å². The van der Waals surface area contributed by atoms with Gasteiger partial charge in [-0.2, -0.15) is 0 Å². The fraction of sp³-hybridized carbons (Fsp3) is 0.643. The molecule has 2 rings (SSSR count). The van der Waals surface area contributed by atoms with Crippen LogP contribution >= 0.6 is 0 Å². The Morgan fingerprint density at radius 3 is 3.00 bits per heavy atom. The van der Waals surface area contributed by atoms with Crippen molar-refractivity contribution in [3.05, 3.63) is 29.6 Å². The molecule has 1 fully saturated rings. The van der Waals surface area contributed by atoms with Gasteiger partial charge in [-0.3, -0.25) is 4.98 Å². The van der Waals surface area contributed by atoms with Gasteiger partial charge in [0.1, 0.15) is 0 Å². The third-order valence-corrected chi connectivity index (χ3v) is 3.76. The number of aryl methyl sites for hydroxylation is 1. The first-order valence-corrected chi connectivity index (χ1v) is 6.47. The summed E-state index contributed by atoms with van der Waals surface area (Å²) in [6.07, 6.45) is 7.05. The highest BCUT2D eigenvalue weighted by Crippen LogP contribution is 2.25. The fourth-order valence-corrected chi connectivity index (χ4v) is 2.63. The Morgan fingerprint density at radius 1 is 1.44 bits per heavy atom. The minimum absolute atomic E-state index is 0.701. The summed E-state index contributed by atoms with van der Waals surface area (Å²) in [5, 5.41) is 3.66. The molecule has 88 valence electrons. The van der Waals surface area contributed by atoms with Gasteiger partial charge >= 0.3 is 0 Å². The van der Waals surface area contributed by atoms with Crippen LogP contribution in [-0.2, 0) is 13.0 Å². The molecule has 16 heavy (non-hydrogen) atoms. The van der Waals surface area contributed by atoms with Gasteiger partial charge in [0.05, 0.1) is 5.69 Å². The molecule has 0 radical (unpaired) electrons. The molecule has 0 bridgehead atoms. The van der Waals surface area contributed by atoms with E-state index in [0.29, 0.717) is 6.04 Å². The second kappa shape index (κ2) is 5.44. The Labute approximate surface area is 98.5 Å². The Bertz CT molecular complexity index is 335. The Morgan fingerprint density at radius 2 is 2.31 bits per heavy atom. The van der Waals surface area contributed by atoms with Crippen LogP contribution in [0.2, 0.25) is 0 Å². The molecule has 1 heterocycles. The van der Waals surface area contributed by atoms with Crippen molar-refractivity contribution in [2.24, 2.45) is 5.92 Å². The van der Waals surface area contributed by atoms with E-state index >= 15 is 0 Å². The van der Waals surface area contributed by atoms with Crippen LogP contribution in [0.15, 0.2) is 18.3 Å². The molecule has 1 saturated carbocycles. The maximum atomic E-state index is 4.47. The first-order valence-electron chi connectivity index (χ1n) is 6.47. The van der Waals surface area contributed by atoms with E-state index in [1.807, 2.05) is 12.3 Å². The molecule has 1 aromatic heterocycles. The van der Waals surface area contributed by atoms with E-state index in [-0.39, 0.29) is 0 Å². The van der Waals surface area contributed by atoms with Crippen LogP contribution in [0.3, 0.4) is 0 Å². The second-order valence-electron chi connectivity index (χ2n) is 4.86. The zero-order valence-electron chi connectivity index (χ0n) is 10.4. The number of hydrogen-bond acceptors (Lipinski definition) is 2. The minimum Gasteiger partial charge on any atom is -0.308 e. The molecule has 0 aliphatic heterocycles. The van der Waals surface area contributed by atoms with Gasteiger partial charge < -0.3 is 5.32 Å². The normalized spacial score (nSPS) is 24.9. The molecule has 2 atom stereocenters. The zero-order chi connectivity index (χ0) is 11.4. The number of pyridine rings is 1. The summed E-state index contributed by atoms with van der Waals surface area (Å²) >= 11 is 0. The Hall–Kier alpha value is -0.890. The highest BCUT2D eigenvalue weighted by Gasteiger charge is 2.22. The average Bonchev–Trinajstić information content (AvgIpc) is 2.72. The molecule has 1 aliphatic rings. The van der Waals surface area contributed by atoms with Crippen LogP contribution in [-0.4, -0.2) is 11.0 Å². The van der Waals surface area contributed by atoms with Crippen molar-refractivity contribution < 1.29 is 0 Å². The average molecular weight is 218 g/mol. The van der Waals surface area contributed by atoms with E-state index < -0.39 is 0 Å². The first kappa shape index (κ1) is 11.6. The molecule has 2 unspecified atom stereocenters. The van der Waals surface area contributed by atoms with Crippen molar-refractivity contribution >= 4 is 0 Å². The summed E-state index contributed by atoms with van der Waals surface area (Å²) in [7, 11) is 0. The standard InChI is InChI=1S/C14H22N2/c1-3-12-7-5-9-15-14(12)10-16-13-8-4-6-11(13)2/h5,7,9,11,13,16H,3-4,6,8,10H2,1-2H3. The van der Waals surface area contributed by atoms with Gasteiger partial charge in [-0.25, -0.2) is 0 Å². The van der Waals surface area contributed by atoms with Crippen LogP contribution in [0.1, 0.15) is 44.4 Å². The van der Waals surface area contributed by atoms with E-state index in [4.69, 9.17) is 0 Å². The molecule has 0 saturated heterocycles. The third kappa shape index (κ3) is 2.62. The summed E-state index contributed by atoms with van der Waals surface area (Å²) in [6, 6.07) is 4.91. The Balaban J connectivity index is 1.93. The number of hydrogen-bond donors (Lipinski definition) is 1. The summed E-state index contributed by atoms with van der Waals surface area (Å²) in [4.78, 5) is 4.47. The minimum atomic E-state index is 0.701.